The Kier molecular flexibility index (Phi) is 6.67. The molecule has 1 aromatic carbocycles. The number of hydrogen-bond donors (Lipinski definition) is 1. The summed E-state index contributed by atoms with van der Waals surface area (Å²) in [6.45, 7) is 4.26. The largest absolute Gasteiger partial charge is 0.462 e. The highest BCUT2D eigenvalue weighted by Crippen LogP contribution is 2.06. The van der Waals surface area contributed by atoms with Crippen molar-refractivity contribution in [1.29, 1.82) is 0 Å². The topological polar surface area (TPSA) is 72.5 Å². The van der Waals surface area contributed by atoms with Crippen LogP contribution in [-0.4, -0.2) is 26.7 Å². The van der Waals surface area contributed by atoms with E-state index in [9.17, 15) is 13.2 Å². The van der Waals surface area contributed by atoms with Crippen LogP contribution in [0.1, 0.15) is 42.6 Å². The molecule has 0 amide bonds. The van der Waals surface area contributed by atoms with Crippen LogP contribution in [0.4, 0.5) is 0 Å². The van der Waals surface area contributed by atoms with Crippen molar-refractivity contribution in [1.82, 2.24) is 4.72 Å². The molecule has 0 aliphatic heterocycles. The van der Waals surface area contributed by atoms with Gasteiger partial charge in [0.1, 0.15) is 0 Å². The zero-order valence-electron chi connectivity index (χ0n) is 11.9. The molecular weight excluding hydrogens is 278 g/mol. The van der Waals surface area contributed by atoms with Crippen molar-refractivity contribution < 1.29 is 17.9 Å². The summed E-state index contributed by atoms with van der Waals surface area (Å²) in [5.41, 5.74) is 1.27. The zero-order valence-corrected chi connectivity index (χ0v) is 12.7. The monoisotopic (exact) mass is 299 g/mol. The molecule has 112 valence electrons. The number of sulfonamides is 1. The van der Waals surface area contributed by atoms with Crippen LogP contribution in [0.2, 0.25) is 0 Å². The van der Waals surface area contributed by atoms with Gasteiger partial charge in [-0.3, -0.25) is 0 Å². The van der Waals surface area contributed by atoms with E-state index in [-0.39, 0.29) is 18.3 Å². The average Bonchev–Trinajstić information content (AvgIpc) is 2.44. The quantitative estimate of drug-likeness (QED) is 0.746. The van der Waals surface area contributed by atoms with Crippen molar-refractivity contribution >= 4 is 16.0 Å². The van der Waals surface area contributed by atoms with Crippen LogP contribution < -0.4 is 4.72 Å². The van der Waals surface area contributed by atoms with Gasteiger partial charge in [-0.25, -0.2) is 17.9 Å². The number of benzene rings is 1. The van der Waals surface area contributed by atoms with Gasteiger partial charge in [0, 0.05) is 6.54 Å². The normalized spacial score (nSPS) is 11.3. The summed E-state index contributed by atoms with van der Waals surface area (Å²) in [7, 11) is -3.22. The Morgan fingerprint density at radius 3 is 2.40 bits per heavy atom. The van der Waals surface area contributed by atoms with Crippen LogP contribution >= 0.6 is 0 Å². The molecule has 0 spiro atoms. The van der Waals surface area contributed by atoms with Gasteiger partial charge in [0.15, 0.2) is 0 Å². The molecule has 0 saturated heterocycles. The molecule has 0 aliphatic carbocycles. The Hall–Kier alpha value is -1.40. The second kappa shape index (κ2) is 8.01. The van der Waals surface area contributed by atoms with E-state index in [4.69, 9.17) is 4.74 Å². The van der Waals surface area contributed by atoms with Gasteiger partial charge in [-0.05, 0) is 31.0 Å². The molecular formula is C14H21NO4S. The van der Waals surface area contributed by atoms with Gasteiger partial charge >= 0.3 is 5.97 Å². The van der Waals surface area contributed by atoms with Crippen LogP contribution in [0.15, 0.2) is 24.3 Å². The minimum atomic E-state index is -3.22. The molecule has 0 aromatic heterocycles. The molecule has 0 bridgehead atoms. The SMILES string of the molecule is CCCCS(=O)(=O)NCc1ccc(C(=O)OCC)cc1. The maximum absolute atomic E-state index is 11.6. The van der Waals surface area contributed by atoms with Crippen LogP contribution in [-0.2, 0) is 21.3 Å². The summed E-state index contributed by atoms with van der Waals surface area (Å²) in [6.07, 6.45) is 1.49. The summed E-state index contributed by atoms with van der Waals surface area (Å²) < 4.78 is 30.7. The van der Waals surface area contributed by atoms with Crippen molar-refractivity contribution in [2.75, 3.05) is 12.4 Å². The van der Waals surface area contributed by atoms with Gasteiger partial charge in [-0.1, -0.05) is 25.5 Å². The first-order valence-electron chi connectivity index (χ1n) is 6.72. The molecule has 0 saturated carbocycles. The number of unbranched alkanes of at least 4 members (excludes halogenated alkanes) is 1. The lowest BCUT2D eigenvalue weighted by atomic mass is 10.1. The van der Waals surface area contributed by atoms with E-state index in [1.165, 1.54) is 0 Å². The highest BCUT2D eigenvalue weighted by Gasteiger charge is 2.10. The molecule has 0 aliphatic rings. The molecule has 1 N–H and O–H groups in total. The lowest BCUT2D eigenvalue weighted by Crippen LogP contribution is -2.25. The first-order chi connectivity index (χ1) is 9.48. The van der Waals surface area contributed by atoms with E-state index in [1.807, 2.05) is 6.92 Å². The highest BCUT2D eigenvalue weighted by molar-refractivity contribution is 7.89. The Balaban J connectivity index is 2.56. The van der Waals surface area contributed by atoms with Crippen molar-refractivity contribution in [3.63, 3.8) is 0 Å². The van der Waals surface area contributed by atoms with Crippen molar-refractivity contribution in [3.05, 3.63) is 35.4 Å². The molecule has 0 radical (unpaired) electrons. The second-order valence-electron chi connectivity index (χ2n) is 4.41. The third kappa shape index (κ3) is 5.71. The fourth-order valence-corrected chi connectivity index (χ4v) is 2.77. The average molecular weight is 299 g/mol. The minimum absolute atomic E-state index is 0.143. The number of nitrogens with one attached hydrogen (secondary N) is 1. The van der Waals surface area contributed by atoms with E-state index < -0.39 is 10.0 Å². The molecule has 5 nitrogen and oxygen atoms in total. The number of esters is 1. The third-order valence-corrected chi connectivity index (χ3v) is 4.14. The standard InChI is InChI=1S/C14H21NO4S/c1-3-5-10-20(17,18)15-11-12-6-8-13(9-7-12)14(16)19-4-2/h6-9,15H,3-5,10-11H2,1-2H3. The van der Waals surface area contributed by atoms with Gasteiger partial charge in [0.05, 0.1) is 17.9 Å². The van der Waals surface area contributed by atoms with Gasteiger partial charge in [0.2, 0.25) is 10.0 Å². The van der Waals surface area contributed by atoms with E-state index in [1.54, 1.807) is 31.2 Å². The van der Waals surface area contributed by atoms with E-state index in [0.29, 0.717) is 18.6 Å². The molecule has 0 unspecified atom stereocenters. The molecule has 0 atom stereocenters. The Bertz CT molecular complexity index is 523. The number of carbonyl (C=O) groups excluding carboxylic acids is 1. The zero-order chi connectivity index (χ0) is 15.0. The molecule has 20 heavy (non-hydrogen) atoms. The summed E-state index contributed by atoms with van der Waals surface area (Å²) in [5, 5.41) is 0. The van der Waals surface area contributed by atoms with Gasteiger partial charge in [-0.2, -0.15) is 0 Å². The predicted molar refractivity (Wildman–Crippen MR) is 77.9 cm³/mol. The first-order valence-corrected chi connectivity index (χ1v) is 8.37. The van der Waals surface area contributed by atoms with Crippen LogP contribution in [0, 0.1) is 0 Å². The number of carbonyl (C=O) groups is 1. The third-order valence-electron chi connectivity index (χ3n) is 2.73. The first kappa shape index (κ1) is 16.7. The molecule has 0 fully saturated rings. The summed E-state index contributed by atoms with van der Waals surface area (Å²) >= 11 is 0. The molecule has 0 heterocycles. The Labute approximate surface area is 120 Å². The maximum Gasteiger partial charge on any atom is 0.338 e. The number of ether oxygens (including phenoxy) is 1. The molecule has 1 rings (SSSR count). The lowest BCUT2D eigenvalue weighted by Gasteiger charge is -2.07. The highest BCUT2D eigenvalue weighted by atomic mass is 32.2. The minimum Gasteiger partial charge on any atom is -0.462 e. The van der Waals surface area contributed by atoms with Gasteiger partial charge < -0.3 is 4.74 Å². The molecule has 1 aromatic rings. The number of hydrogen-bond acceptors (Lipinski definition) is 4. The van der Waals surface area contributed by atoms with Crippen LogP contribution in [0.5, 0.6) is 0 Å². The van der Waals surface area contributed by atoms with Crippen molar-refractivity contribution in [2.24, 2.45) is 0 Å². The number of rotatable bonds is 8. The Morgan fingerprint density at radius 1 is 1.20 bits per heavy atom. The van der Waals surface area contributed by atoms with Crippen molar-refractivity contribution in [2.45, 2.75) is 33.2 Å². The smallest absolute Gasteiger partial charge is 0.338 e. The van der Waals surface area contributed by atoms with E-state index in [2.05, 4.69) is 4.72 Å². The van der Waals surface area contributed by atoms with Crippen LogP contribution in [0.25, 0.3) is 0 Å². The van der Waals surface area contributed by atoms with E-state index >= 15 is 0 Å². The summed E-state index contributed by atoms with van der Waals surface area (Å²) in [4.78, 5) is 11.5. The fraction of sp³-hybridized carbons (Fsp3) is 0.500. The van der Waals surface area contributed by atoms with Gasteiger partial charge in [-0.15, -0.1) is 0 Å². The van der Waals surface area contributed by atoms with Crippen LogP contribution in [0.3, 0.4) is 0 Å². The van der Waals surface area contributed by atoms with Gasteiger partial charge in [0.25, 0.3) is 0 Å². The maximum atomic E-state index is 11.6. The summed E-state index contributed by atoms with van der Waals surface area (Å²) in [5.74, 6) is -0.229. The fourth-order valence-electron chi connectivity index (χ4n) is 1.57. The summed E-state index contributed by atoms with van der Waals surface area (Å²) in [6, 6.07) is 6.70. The molecule has 6 heteroatoms. The second-order valence-corrected chi connectivity index (χ2v) is 6.34. The lowest BCUT2D eigenvalue weighted by molar-refractivity contribution is 0.0526. The van der Waals surface area contributed by atoms with Crippen molar-refractivity contribution in [3.8, 4) is 0 Å². The predicted octanol–water partition coefficient (Wildman–Crippen LogP) is 2.08. The Morgan fingerprint density at radius 2 is 1.85 bits per heavy atom. The van der Waals surface area contributed by atoms with E-state index in [0.717, 1.165) is 12.0 Å².